The van der Waals surface area contributed by atoms with E-state index in [4.69, 9.17) is 37.9 Å². The first-order valence-corrected chi connectivity index (χ1v) is 23.4. The lowest BCUT2D eigenvalue weighted by Crippen LogP contribution is -1.96. The smallest absolute Gasteiger partial charge is 0.224 e. The number of hydrogen-bond donors (Lipinski definition) is 2. The van der Waals surface area contributed by atoms with Crippen molar-refractivity contribution in [1.29, 1.82) is 0 Å². The quantitative estimate of drug-likeness (QED) is 0.0616. The minimum atomic E-state index is -0.0222. The molecular weight excluding hydrogens is 1000 g/mol. The highest BCUT2D eigenvalue weighted by Gasteiger charge is 2.16. The van der Waals surface area contributed by atoms with Crippen molar-refractivity contribution < 1.29 is 47.5 Å². The van der Waals surface area contributed by atoms with Gasteiger partial charge in [-0.2, -0.15) is 0 Å². The number of methoxy groups -OCH3 is 8. The second-order valence-corrected chi connectivity index (χ2v) is 17.0. The molecule has 68 heavy (non-hydrogen) atoms. The molecule has 0 radical (unpaired) electrons. The third-order valence-electron chi connectivity index (χ3n) is 9.05. The van der Waals surface area contributed by atoms with Gasteiger partial charge in [0.25, 0.3) is 0 Å². The molecule has 0 saturated heterocycles. The second-order valence-electron chi connectivity index (χ2n) is 13.0. The molecule has 360 valence electrons. The van der Waals surface area contributed by atoms with Crippen LogP contribution in [-0.4, -0.2) is 67.1 Å². The Morgan fingerprint density at radius 2 is 0.735 bits per heavy atom. The molecule has 6 aromatic carbocycles. The first-order chi connectivity index (χ1) is 32.7. The van der Waals surface area contributed by atoms with Gasteiger partial charge in [-0.25, -0.2) is 0 Å². The van der Waals surface area contributed by atoms with Crippen molar-refractivity contribution in [2.24, 2.45) is 0 Å². The number of carbonyl (C=O) groups excluding carboxylic acids is 2. The molecule has 0 unspecified atom stereocenters. The number of halogens is 1. The molecule has 0 spiro atoms. The van der Waals surface area contributed by atoms with Crippen LogP contribution in [0.4, 0.5) is 0 Å². The first-order valence-electron chi connectivity index (χ1n) is 20.1. The molecule has 0 fully saturated rings. The molecule has 0 amide bonds. The van der Waals surface area contributed by atoms with Crippen LogP contribution in [-0.2, 0) is 0 Å². The molecule has 0 aliphatic heterocycles. The van der Waals surface area contributed by atoms with Gasteiger partial charge >= 0.3 is 0 Å². The maximum Gasteiger partial charge on any atom is 0.224 e. The zero-order chi connectivity index (χ0) is 50.8. The Morgan fingerprint density at radius 1 is 0.471 bits per heavy atom. The van der Waals surface area contributed by atoms with Crippen molar-refractivity contribution in [1.82, 2.24) is 0 Å². The van der Waals surface area contributed by atoms with E-state index in [1.807, 2.05) is 79.7 Å². The van der Waals surface area contributed by atoms with Crippen LogP contribution in [0.15, 0.2) is 160 Å². The first kappa shape index (κ1) is 58.3. The van der Waals surface area contributed by atoms with Gasteiger partial charge in [0.1, 0.15) is 50.5 Å². The Morgan fingerprint density at radius 3 is 1.01 bits per heavy atom. The summed E-state index contributed by atoms with van der Waals surface area (Å²) in [4.78, 5) is 27.6. The molecular formula is C53H57BrO10S4. The lowest BCUT2D eigenvalue weighted by Gasteiger charge is -2.12. The number of carbonyl (C=O) groups is 2. The van der Waals surface area contributed by atoms with Gasteiger partial charge in [0, 0.05) is 36.3 Å². The summed E-state index contributed by atoms with van der Waals surface area (Å²) in [5.41, 5.74) is 3.95. The Labute approximate surface area is 429 Å². The molecule has 6 rings (SSSR count). The largest absolute Gasteiger partial charge is 0.496 e. The van der Waals surface area contributed by atoms with Crippen LogP contribution >= 0.6 is 64.7 Å². The van der Waals surface area contributed by atoms with Crippen LogP contribution < -0.4 is 37.9 Å². The maximum absolute atomic E-state index is 12.2. The van der Waals surface area contributed by atoms with Gasteiger partial charge < -0.3 is 37.9 Å². The third kappa shape index (κ3) is 17.4. The molecule has 6 aromatic rings. The van der Waals surface area contributed by atoms with E-state index in [0.717, 1.165) is 87.3 Å². The molecule has 0 aromatic heterocycles. The highest BCUT2D eigenvalue weighted by atomic mass is 79.9. The number of thioether (sulfide) groups is 2. The van der Waals surface area contributed by atoms with Gasteiger partial charge in [-0.15, -0.1) is 38.4 Å². The average molecular weight is 1060 g/mol. The Bertz CT molecular complexity index is 2470. The van der Waals surface area contributed by atoms with E-state index < -0.39 is 0 Å². The van der Waals surface area contributed by atoms with Crippen molar-refractivity contribution in [2.75, 3.05) is 56.9 Å². The summed E-state index contributed by atoms with van der Waals surface area (Å²) in [6.45, 7) is 15.4. The van der Waals surface area contributed by atoms with E-state index in [1.165, 1.54) is 0 Å². The summed E-state index contributed by atoms with van der Waals surface area (Å²) in [6.07, 6.45) is 3.37. The Kier molecular flexibility index (Phi) is 26.8. The van der Waals surface area contributed by atoms with Crippen molar-refractivity contribution in [3.8, 4) is 46.0 Å². The van der Waals surface area contributed by atoms with Crippen LogP contribution in [0.5, 0.6) is 46.0 Å². The lowest BCUT2D eigenvalue weighted by atomic mass is 10.2. The van der Waals surface area contributed by atoms with Gasteiger partial charge in [-0.3, -0.25) is 9.59 Å². The molecule has 0 aliphatic rings. The van der Waals surface area contributed by atoms with Gasteiger partial charge in [0.15, 0.2) is 0 Å². The van der Waals surface area contributed by atoms with Crippen molar-refractivity contribution in [2.45, 2.75) is 26.5 Å². The molecule has 10 nitrogen and oxygen atoms in total. The molecule has 0 heterocycles. The summed E-state index contributed by atoms with van der Waals surface area (Å²) in [5, 5.41) is -0.0388. The highest BCUT2D eigenvalue weighted by molar-refractivity contribution is 9.10. The van der Waals surface area contributed by atoms with E-state index in [0.29, 0.717) is 34.1 Å². The molecule has 0 saturated carbocycles. The fourth-order valence-corrected chi connectivity index (χ4v) is 8.38. The number of benzene rings is 6. The standard InChI is InChI=1S/C17H16O3S.C15H13BrO3S.C10H12O2S.C9H12O2S.C2H4/c1-4-14-15(19-2)10-13(11-16(14)20-3)21-17(18)12-8-6-5-7-9-12;1-18-12-8-11(9-13(19-2)14(12)16)20-15(17)10-6-4-3-5-7-10;1-4-8-9(11-2)5-7(13)6-10(8)12-3;1-6-8(10-2)4-7(12)5-9(6)11-3;1-2/h4-11H,1H2,2-3H3;3-9H,1-2H3;4-6,13H,1H2,2-3H3;4-5,12H,1-3H3;1-2H2. The normalized spacial score (nSPS) is 9.65. The molecule has 0 atom stereocenters. The minimum Gasteiger partial charge on any atom is -0.496 e. The predicted octanol–water partition coefficient (Wildman–Crippen LogP) is 14.4. The second kappa shape index (κ2) is 31.3. The van der Waals surface area contributed by atoms with Gasteiger partial charge in [-0.05, 0) is 94.9 Å². The van der Waals surface area contributed by atoms with Gasteiger partial charge in [-0.1, -0.05) is 86.0 Å². The van der Waals surface area contributed by atoms with E-state index in [1.54, 1.807) is 105 Å². The maximum atomic E-state index is 12.2. The third-order valence-corrected chi connectivity index (χ3v) is 12.1. The topological polar surface area (TPSA) is 108 Å². The summed E-state index contributed by atoms with van der Waals surface area (Å²) in [6, 6.07) is 32.9. The summed E-state index contributed by atoms with van der Waals surface area (Å²) in [7, 11) is 12.8. The fraction of sp³-hybridized carbons (Fsp3) is 0.170. The molecule has 15 heteroatoms. The summed E-state index contributed by atoms with van der Waals surface area (Å²) >= 11 is 14.1. The molecule has 0 N–H and O–H groups in total. The number of thiol groups is 2. The number of hydrogen-bond acceptors (Lipinski definition) is 14. The van der Waals surface area contributed by atoms with Crippen LogP contribution in [0.2, 0.25) is 0 Å². The SMILES string of the molecule is C=C.C=Cc1c(OC)cc(S)cc1OC.C=Cc1c(OC)cc(SC(=O)c2ccccc2)cc1OC.COc1cc(S)cc(OC)c1C.COc1cc(SC(=O)c2ccccc2)cc(OC)c1Br. The Balaban J connectivity index is 0.000000315. The van der Waals surface area contributed by atoms with Crippen LogP contribution in [0, 0.1) is 6.92 Å². The average Bonchev–Trinajstić information content (AvgIpc) is 3.38. The number of rotatable bonds is 14. The predicted molar refractivity (Wildman–Crippen MR) is 290 cm³/mol. The molecule has 0 aliphatic carbocycles. The van der Waals surface area contributed by atoms with Gasteiger partial charge in [0.05, 0.1) is 68.0 Å². The van der Waals surface area contributed by atoms with E-state index in [2.05, 4.69) is 67.5 Å². The van der Waals surface area contributed by atoms with E-state index in [-0.39, 0.29) is 10.2 Å². The van der Waals surface area contributed by atoms with Crippen LogP contribution in [0.3, 0.4) is 0 Å². The monoisotopic (exact) mass is 1060 g/mol. The Hall–Kier alpha value is -5.84. The highest BCUT2D eigenvalue weighted by Crippen LogP contribution is 2.40. The zero-order valence-corrected chi connectivity index (χ0v) is 44.6. The van der Waals surface area contributed by atoms with Gasteiger partial charge in [0.2, 0.25) is 10.2 Å². The summed E-state index contributed by atoms with van der Waals surface area (Å²) < 4.78 is 42.5. The minimum absolute atomic E-state index is 0.0166. The zero-order valence-electron chi connectivity index (χ0n) is 39.5. The van der Waals surface area contributed by atoms with E-state index in [9.17, 15) is 9.59 Å². The summed E-state index contributed by atoms with van der Waals surface area (Å²) in [5.74, 6) is 5.58. The van der Waals surface area contributed by atoms with Crippen molar-refractivity contribution >= 4 is 87.1 Å². The van der Waals surface area contributed by atoms with Crippen LogP contribution in [0.1, 0.15) is 37.4 Å². The molecule has 0 bridgehead atoms. The fourth-order valence-electron chi connectivity index (χ4n) is 5.76. The van der Waals surface area contributed by atoms with Crippen LogP contribution in [0.25, 0.3) is 12.2 Å². The van der Waals surface area contributed by atoms with Crippen molar-refractivity contribution in [3.05, 3.63) is 168 Å². The number of ether oxygens (including phenoxy) is 8. The lowest BCUT2D eigenvalue weighted by molar-refractivity contribution is 0.108. The van der Waals surface area contributed by atoms with Crippen molar-refractivity contribution in [3.63, 3.8) is 0 Å². The van der Waals surface area contributed by atoms with E-state index >= 15 is 0 Å².